The Bertz CT molecular complexity index is 1210. The van der Waals surface area contributed by atoms with Crippen LogP contribution < -0.4 is 15.2 Å². The predicted octanol–water partition coefficient (Wildman–Crippen LogP) is 3.05. The highest BCUT2D eigenvalue weighted by atomic mass is 79.9. The van der Waals surface area contributed by atoms with Gasteiger partial charge in [-0.05, 0) is 24.3 Å². The van der Waals surface area contributed by atoms with E-state index < -0.39 is 0 Å². The van der Waals surface area contributed by atoms with Gasteiger partial charge in [0, 0.05) is 23.0 Å². The Balaban J connectivity index is 2.18. The first-order chi connectivity index (χ1) is 12.5. The van der Waals surface area contributed by atoms with Gasteiger partial charge in [-0.2, -0.15) is 4.98 Å². The van der Waals surface area contributed by atoms with E-state index in [1.807, 2.05) is 18.2 Å². The minimum atomic E-state index is -0.209. The number of nitrogens with zero attached hydrogens (tertiary/aromatic N) is 4. The van der Waals surface area contributed by atoms with Crippen LogP contribution >= 0.6 is 15.9 Å². The molecule has 26 heavy (non-hydrogen) atoms. The van der Waals surface area contributed by atoms with E-state index in [1.54, 1.807) is 34.5 Å². The van der Waals surface area contributed by atoms with Crippen LogP contribution in [0.4, 0.5) is 0 Å². The first kappa shape index (κ1) is 16.6. The van der Waals surface area contributed by atoms with Crippen molar-refractivity contribution in [2.45, 2.75) is 0 Å². The van der Waals surface area contributed by atoms with E-state index in [0.717, 1.165) is 26.4 Å². The molecule has 4 aromatic rings. The van der Waals surface area contributed by atoms with E-state index in [1.165, 1.54) is 14.2 Å². The number of hydrogen-bond acceptors (Lipinski definition) is 5. The molecule has 0 unspecified atom stereocenters. The van der Waals surface area contributed by atoms with Crippen molar-refractivity contribution < 1.29 is 9.47 Å². The van der Waals surface area contributed by atoms with Crippen molar-refractivity contribution in [2.75, 3.05) is 14.2 Å². The van der Waals surface area contributed by atoms with Gasteiger partial charge < -0.3 is 9.47 Å². The maximum Gasteiger partial charge on any atom is 0.333 e. The van der Waals surface area contributed by atoms with E-state index in [4.69, 9.17) is 9.47 Å². The van der Waals surface area contributed by atoms with Gasteiger partial charge in [-0.25, -0.2) is 4.79 Å². The fourth-order valence-electron chi connectivity index (χ4n) is 3.04. The molecule has 4 rings (SSSR count). The van der Waals surface area contributed by atoms with Gasteiger partial charge in [0.05, 0.1) is 37.0 Å². The second-order valence-electron chi connectivity index (χ2n) is 5.71. The van der Waals surface area contributed by atoms with E-state index in [2.05, 4.69) is 25.9 Å². The van der Waals surface area contributed by atoms with Crippen LogP contribution in [0.5, 0.6) is 11.8 Å². The third kappa shape index (κ3) is 2.37. The molecule has 132 valence electrons. The Hall–Kier alpha value is -2.87. The summed E-state index contributed by atoms with van der Waals surface area (Å²) < 4.78 is 14.6. The highest BCUT2D eigenvalue weighted by molar-refractivity contribution is 9.10. The maximum atomic E-state index is 13.0. The molecule has 0 atom stereocenters. The van der Waals surface area contributed by atoms with Crippen LogP contribution in [0.1, 0.15) is 0 Å². The van der Waals surface area contributed by atoms with Gasteiger partial charge in [-0.1, -0.05) is 15.9 Å². The minimum absolute atomic E-state index is 0.209. The largest absolute Gasteiger partial charge is 0.481 e. The molecule has 3 heterocycles. The van der Waals surface area contributed by atoms with E-state index >= 15 is 0 Å². The van der Waals surface area contributed by atoms with Crippen LogP contribution in [-0.4, -0.2) is 33.3 Å². The van der Waals surface area contributed by atoms with Crippen molar-refractivity contribution in [3.05, 3.63) is 51.5 Å². The second-order valence-corrected chi connectivity index (χ2v) is 6.63. The topological polar surface area (TPSA) is 71.2 Å². The summed E-state index contributed by atoms with van der Waals surface area (Å²) in [6.07, 6.45) is 1.70. The van der Waals surface area contributed by atoms with Crippen LogP contribution in [0.25, 0.3) is 27.6 Å². The number of halogens is 1. The quantitative estimate of drug-likeness (QED) is 0.515. The highest BCUT2D eigenvalue weighted by Crippen LogP contribution is 2.30. The van der Waals surface area contributed by atoms with Crippen LogP contribution in [0.2, 0.25) is 0 Å². The number of rotatable bonds is 3. The van der Waals surface area contributed by atoms with Gasteiger partial charge in [0.25, 0.3) is 0 Å². The molecule has 0 saturated heterocycles. The number of imidazole rings is 1. The lowest BCUT2D eigenvalue weighted by Crippen LogP contribution is -2.21. The summed E-state index contributed by atoms with van der Waals surface area (Å²) in [4.78, 5) is 21.8. The van der Waals surface area contributed by atoms with Gasteiger partial charge in [0.2, 0.25) is 11.8 Å². The zero-order valence-electron chi connectivity index (χ0n) is 14.4. The molecule has 0 amide bonds. The molecule has 3 aromatic heterocycles. The number of aryl methyl sites for hydroxylation is 1. The van der Waals surface area contributed by atoms with Crippen molar-refractivity contribution in [1.82, 2.24) is 19.1 Å². The number of pyridine rings is 2. The molecule has 0 aliphatic carbocycles. The SMILES string of the molecule is COc1ccc(-n2c(=O)n(C)c3cnc4ccc(Br)cc4c32)c(OC)n1. The van der Waals surface area contributed by atoms with Gasteiger partial charge in [0.15, 0.2) is 0 Å². The summed E-state index contributed by atoms with van der Waals surface area (Å²) in [6, 6.07) is 9.23. The summed E-state index contributed by atoms with van der Waals surface area (Å²) in [5.74, 6) is 0.715. The third-order valence-corrected chi connectivity index (χ3v) is 4.80. The van der Waals surface area contributed by atoms with Crippen molar-refractivity contribution in [1.29, 1.82) is 0 Å². The van der Waals surface area contributed by atoms with Crippen molar-refractivity contribution in [2.24, 2.45) is 7.05 Å². The van der Waals surface area contributed by atoms with Gasteiger partial charge in [-0.15, -0.1) is 0 Å². The van der Waals surface area contributed by atoms with Crippen LogP contribution in [-0.2, 0) is 7.05 Å². The number of ether oxygens (including phenoxy) is 2. The number of fused-ring (bicyclic) bond motifs is 3. The molecule has 7 nitrogen and oxygen atoms in total. The Labute approximate surface area is 156 Å². The van der Waals surface area contributed by atoms with Crippen molar-refractivity contribution in [3.8, 4) is 17.4 Å². The lowest BCUT2D eigenvalue weighted by atomic mass is 10.2. The van der Waals surface area contributed by atoms with Crippen LogP contribution in [0.3, 0.4) is 0 Å². The molecule has 0 N–H and O–H groups in total. The lowest BCUT2D eigenvalue weighted by Gasteiger charge is -2.11. The summed E-state index contributed by atoms with van der Waals surface area (Å²) in [5, 5.41) is 0.854. The number of aromatic nitrogens is 4. The predicted molar refractivity (Wildman–Crippen MR) is 102 cm³/mol. The highest BCUT2D eigenvalue weighted by Gasteiger charge is 2.20. The molecule has 0 aliphatic rings. The molecule has 1 aromatic carbocycles. The molecule has 0 aliphatic heterocycles. The Morgan fingerprint density at radius 1 is 1.12 bits per heavy atom. The number of benzene rings is 1. The number of hydrogen-bond donors (Lipinski definition) is 0. The van der Waals surface area contributed by atoms with Gasteiger partial charge >= 0.3 is 5.69 Å². The monoisotopic (exact) mass is 414 g/mol. The van der Waals surface area contributed by atoms with Gasteiger partial charge in [-0.3, -0.25) is 14.1 Å². The summed E-state index contributed by atoms with van der Waals surface area (Å²) in [6.45, 7) is 0. The van der Waals surface area contributed by atoms with E-state index in [9.17, 15) is 4.79 Å². The summed E-state index contributed by atoms with van der Waals surface area (Å²) in [5.41, 5.74) is 2.59. The molecule has 0 saturated carbocycles. The molecule has 0 spiro atoms. The zero-order chi connectivity index (χ0) is 18.4. The Morgan fingerprint density at radius 3 is 2.65 bits per heavy atom. The first-order valence-corrected chi connectivity index (χ1v) is 8.59. The van der Waals surface area contributed by atoms with E-state index in [-0.39, 0.29) is 5.69 Å². The Kier molecular flexibility index (Phi) is 3.91. The molecule has 8 heteroatoms. The smallest absolute Gasteiger partial charge is 0.333 e. The number of methoxy groups -OCH3 is 2. The third-order valence-electron chi connectivity index (χ3n) is 4.30. The van der Waals surface area contributed by atoms with Crippen LogP contribution in [0.15, 0.2) is 45.8 Å². The minimum Gasteiger partial charge on any atom is -0.481 e. The fourth-order valence-corrected chi connectivity index (χ4v) is 3.40. The average Bonchev–Trinajstić information content (AvgIpc) is 2.92. The molecular weight excluding hydrogens is 400 g/mol. The first-order valence-electron chi connectivity index (χ1n) is 7.80. The summed E-state index contributed by atoms with van der Waals surface area (Å²) >= 11 is 3.50. The average molecular weight is 415 g/mol. The van der Waals surface area contributed by atoms with Crippen LogP contribution in [0, 0.1) is 0 Å². The van der Waals surface area contributed by atoms with E-state index in [0.29, 0.717) is 17.4 Å². The molecule has 0 radical (unpaired) electrons. The summed E-state index contributed by atoms with van der Waals surface area (Å²) in [7, 11) is 4.76. The van der Waals surface area contributed by atoms with Crippen molar-refractivity contribution in [3.63, 3.8) is 0 Å². The Morgan fingerprint density at radius 2 is 1.92 bits per heavy atom. The molecule has 0 bridgehead atoms. The second kappa shape index (κ2) is 6.14. The molecule has 0 fully saturated rings. The zero-order valence-corrected chi connectivity index (χ0v) is 15.9. The molecular formula is C18H15BrN4O3. The van der Waals surface area contributed by atoms with Gasteiger partial charge in [0.1, 0.15) is 5.69 Å². The van der Waals surface area contributed by atoms with Crippen molar-refractivity contribution >= 4 is 37.9 Å². The standard InChI is InChI=1S/C18H15BrN4O3/c1-22-14-9-20-12-5-4-10(19)8-11(12)16(14)23(18(22)24)13-6-7-15(25-2)21-17(13)26-3/h4-9H,1-3H3. The lowest BCUT2D eigenvalue weighted by molar-refractivity contribution is 0.363. The maximum absolute atomic E-state index is 13.0. The fraction of sp³-hybridized carbons (Fsp3) is 0.167. The normalized spacial score (nSPS) is 11.2.